The van der Waals surface area contributed by atoms with Crippen LogP contribution in [0.15, 0.2) is 18.2 Å². The fourth-order valence-corrected chi connectivity index (χ4v) is 3.84. The Morgan fingerprint density at radius 3 is 2.95 bits per heavy atom. The molecule has 3 N–H and O–H groups in total. The molecule has 0 aliphatic carbocycles. The number of nitrogens with zero attached hydrogens (tertiary/aromatic N) is 1. The number of aliphatic hydroxyl groups is 1. The Balaban J connectivity index is 1.93. The zero-order chi connectivity index (χ0) is 15.1. The standard InChI is InChI=1S/C16H20N2O2S/c1-9-3-4-13-11(7-9)14(17)15(21-13)16(20)18-6-5-10(2)12(19)8-18/h3-4,7,10,12,19H,5-6,8,17H2,1-2H3. The van der Waals surface area contributed by atoms with Crippen molar-refractivity contribution in [3.63, 3.8) is 0 Å². The fraction of sp³-hybridized carbons (Fsp3) is 0.438. The minimum atomic E-state index is -0.444. The molecule has 2 aromatic rings. The summed E-state index contributed by atoms with van der Waals surface area (Å²) in [5.74, 6) is 0.189. The summed E-state index contributed by atoms with van der Waals surface area (Å²) in [6.45, 7) is 5.11. The Morgan fingerprint density at radius 2 is 2.24 bits per heavy atom. The molecule has 1 saturated heterocycles. The topological polar surface area (TPSA) is 66.6 Å². The van der Waals surface area contributed by atoms with E-state index < -0.39 is 6.10 Å². The van der Waals surface area contributed by atoms with Crippen molar-refractivity contribution in [3.8, 4) is 0 Å². The number of piperidine rings is 1. The van der Waals surface area contributed by atoms with Crippen LogP contribution in [0.2, 0.25) is 0 Å². The lowest BCUT2D eigenvalue weighted by Crippen LogP contribution is -2.45. The number of thiophene rings is 1. The smallest absolute Gasteiger partial charge is 0.266 e. The Morgan fingerprint density at radius 1 is 1.48 bits per heavy atom. The number of nitrogens with two attached hydrogens (primary N) is 1. The van der Waals surface area contributed by atoms with E-state index in [1.54, 1.807) is 4.90 Å². The van der Waals surface area contributed by atoms with Crippen molar-refractivity contribution in [3.05, 3.63) is 28.6 Å². The number of hydrogen-bond donors (Lipinski definition) is 2. The highest BCUT2D eigenvalue weighted by atomic mass is 32.1. The van der Waals surface area contributed by atoms with E-state index in [9.17, 15) is 9.90 Å². The van der Waals surface area contributed by atoms with Crippen LogP contribution >= 0.6 is 11.3 Å². The van der Waals surface area contributed by atoms with Crippen molar-refractivity contribution >= 4 is 33.0 Å². The number of amides is 1. The van der Waals surface area contributed by atoms with Gasteiger partial charge >= 0.3 is 0 Å². The summed E-state index contributed by atoms with van der Waals surface area (Å²) in [6, 6.07) is 6.06. The zero-order valence-electron chi connectivity index (χ0n) is 12.3. The van der Waals surface area contributed by atoms with Crippen LogP contribution in [0.5, 0.6) is 0 Å². The number of aliphatic hydroxyl groups excluding tert-OH is 1. The highest BCUT2D eigenvalue weighted by Gasteiger charge is 2.29. The van der Waals surface area contributed by atoms with Gasteiger partial charge in [0.2, 0.25) is 0 Å². The molecule has 0 bridgehead atoms. The van der Waals surface area contributed by atoms with Crippen molar-refractivity contribution in [1.82, 2.24) is 4.90 Å². The SMILES string of the molecule is Cc1ccc2sc(C(=O)N3CCC(C)C(O)C3)c(N)c2c1. The molecule has 3 rings (SSSR count). The number of likely N-dealkylation sites (tertiary alicyclic amines) is 1. The molecule has 2 atom stereocenters. The summed E-state index contributed by atoms with van der Waals surface area (Å²) in [5, 5.41) is 10.9. The van der Waals surface area contributed by atoms with Gasteiger partial charge in [-0.1, -0.05) is 18.6 Å². The van der Waals surface area contributed by atoms with E-state index in [2.05, 4.69) is 0 Å². The largest absolute Gasteiger partial charge is 0.397 e. The van der Waals surface area contributed by atoms with Gasteiger partial charge in [0.15, 0.2) is 0 Å². The van der Waals surface area contributed by atoms with Crippen LogP contribution in [0, 0.1) is 12.8 Å². The molecule has 0 radical (unpaired) electrons. The summed E-state index contributed by atoms with van der Waals surface area (Å²) >= 11 is 1.44. The van der Waals surface area contributed by atoms with Crippen LogP contribution in [0.4, 0.5) is 5.69 Å². The molecule has 1 aromatic carbocycles. The Kier molecular flexibility index (Phi) is 3.63. The molecule has 2 heterocycles. The molecule has 0 saturated carbocycles. The monoisotopic (exact) mass is 304 g/mol. The van der Waals surface area contributed by atoms with Crippen molar-refractivity contribution in [2.45, 2.75) is 26.4 Å². The van der Waals surface area contributed by atoms with Crippen LogP contribution in [-0.2, 0) is 0 Å². The van der Waals surface area contributed by atoms with E-state index in [-0.39, 0.29) is 11.8 Å². The predicted molar refractivity (Wildman–Crippen MR) is 86.7 cm³/mol. The first-order valence-electron chi connectivity index (χ1n) is 7.23. The van der Waals surface area contributed by atoms with Crippen LogP contribution in [-0.4, -0.2) is 35.1 Å². The van der Waals surface area contributed by atoms with Crippen LogP contribution < -0.4 is 5.73 Å². The van der Waals surface area contributed by atoms with Gasteiger partial charge in [-0.25, -0.2) is 0 Å². The normalized spacial score (nSPS) is 22.7. The maximum Gasteiger partial charge on any atom is 0.266 e. The van der Waals surface area contributed by atoms with Crippen molar-refractivity contribution in [1.29, 1.82) is 0 Å². The summed E-state index contributed by atoms with van der Waals surface area (Å²) in [4.78, 5) is 15.0. The van der Waals surface area contributed by atoms with Gasteiger partial charge in [0, 0.05) is 23.2 Å². The highest BCUT2D eigenvalue weighted by Crippen LogP contribution is 2.35. The summed E-state index contributed by atoms with van der Waals surface area (Å²) in [6.07, 6.45) is 0.386. The van der Waals surface area contributed by atoms with Gasteiger partial charge in [0.25, 0.3) is 5.91 Å². The third kappa shape index (κ3) is 2.51. The quantitative estimate of drug-likeness (QED) is 0.851. The average Bonchev–Trinajstić information content (AvgIpc) is 2.78. The first-order valence-corrected chi connectivity index (χ1v) is 8.05. The molecular formula is C16H20N2O2S. The molecule has 4 nitrogen and oxygen atoms in total. The number of fused-ring (bicyclic) bond motifs is 1. The van der Waals surface area contributed by atoms with E-state index in [1.807, 2.05) is 32.0 Å². The maximum atomic E-state index is 12.7. The van der Waals surface area contributed by atoms with Gasteiger partial charge in [0.05, 0.1) is 11.8 Å². The minimum absolute atomic E-state index is 0.0581. The molecule has 2 unspecified atom stereocenters. The first-order chi connectivity index (χ1) is 9.97. The van der Waals surface area contributed by atoms with Crippen LogP contribution in [0.1, 0.15) is 28.6 Å². The van der Waals surface area contributed by atoms with E-state index in [0.717, 1.165) is 22.1 Å². The third-order valence-electron chi connectivity index (χ3n) is 4.28. The summed E-state index contributed by atoms with van der Waals surface area (Å²) < 4.78 is 1.03. The predicted octanol–water partition coefficient (Wildman–Crippen LogP) is 2.63. The van der Waals surface area contributed by atoms with E-state index >= 15 is 0 Å². The van der Waals surface area contributed by atoms with Crippen LogP contribution in [0.3, 0.4) is 0 Å². The number of nitrogen functional groups attached to an aromatic ring is 1. The molecule has 112 valence electrons. The Hall–Kier alpha value is -1.59. The van der Waals surface area contributed by atoms with Gasteiger partial charge in [-0.3, -0.25) is 4.79 Å². The fourth-order valence-electron chi connectivity index (χ4n) is 2.77. The van der Waals surface area contributed by atoms with Gasteiger partial charge in [-0.05, 0) is 31.4 Å². The number of anilines is 1. The Bertz CT molecular complexity index is 695. The molecule has 5 heteroatoms. The van der Waals surface area contributed by atoms with Gasteiger partial charge in [-0.2, -0.15) is 0 Å². The highest BCUT2D eigenvalue weighted by molar-refractivity contribution is 7.21. The summed E-state index contributed by atoms with van der Waals surface area (Å²) in [7, 11) is 0. The van der Waals surface area contributed by atoms with Crippen molar-refractivity contribution in [2.75, 3.05) is 18.8 Å². The molecule has 1 amide bonds. The van der Waals surface area contributed by atoms with Gasteiger partial charge in [0.1, 0.15) is 4.88 Å². The van der Waals surface area contributed by atoms with Crippen LogP contribution in [0.25, 0.3) is 10.1 Å². The number of β-amino-alcohol motifs (C(OH)–C–C–N with tert-alkyl or cyclic N) is 1. The number of rotatable bonds is 1. The molecule has 1 aromatic heterocycles. The zero-order valence-corrected chi connectivity index (χ0v) is 13.1. The summed E-state index contributed by atoms with van der Waals surface area (Å²) in [5.41, 5.74) is 7.88. The first kappa shape index (κ1) is 14.4. The van der Waals surface area contributed by atoms with Crippen molar-refractivity contribution < 1.29 is 9.90 Å². The lowest BCUT2D eigenvalue weighted by atomic mass is 9.96. The van der Waals surface area contributed by atoms with Gasteiger partial charge in [-0.15, -0.1) is 11.3 Å². The molecule has 21 heavy (non-hydrogen) atoms. The molecule has 1 aliphatic rings. The third-order valence-corrected chi connectivity index (χ3v) is 5.46. The van der Waals surface area contributed by atoms with E-state index in [1.165, 1.54) is 11.3 Å². The lowest BCUT2D eigenvalue weighted by molar-refractivity contribution is 0.0252. The number of hydrogen-bond acceptors (Lipinski definition) is 4. The van der Waals surface area contributed by atoms with E-state index in [4.69, 9.17) is 5.73 Å². The van der Waals surface area contributed by atoms with Gasteiger partial charge < -0.3 is 15.7 Å². The molecule has 0 spiro atoms. The second kappa shape index (κ2) is 5.31. The number of carbonyl (C=O) groups is 1. The molecule has 1 aliphatic heterocycles. The van der Waals surface area contributed by atoms with E-state index in [0.29, 0.717) is 23.7 Å². The second-order valence-electron chi connectivity index (χ2n) is 5.93. The molecular weight excluding hydrogens is 284 g/mol. The lowest BCUT2D eigenvalue weighted by Gasteiger charge is -2.34. The Labute approximate surface area is 128 Å². The number of benzene rings is 1. The number of carbonyl (C=O) groups excluding carboxylic acids is 1. The minimum Gasteiger partial charge on any atom is -0.397 e. The maximum absolute atomic E-state index is 12.7. The average molecular weight is 304 g/mol. The molecule has 1 fully saturated rings. The number of aryl methyl sites for hydroxylation is 1. The van der Waals surface area contributed by atoms with Crippen molar-refractivity contribution in [2.24, 2.45) is 5.92 Å². The second-order valence-corrected chi connectivity index (χ2v) is 6.98.